The number of para-hydroxylation sites is 2. The minimum absolute atomic E-state index is 0.287. The average molecular weight is 390 g/mol. The molecule has 0 N–H and O–H groups in total. The van der Waals surface area contributed by atoms with Gasteiger partial charge in [-0.25, -0.2) is 4.57 Å². The van der Waals surface area contributed by atoms with Crippen LogP contribution in [0.4, 0.5) is 5.69 Å². The van der Waals surface area contributed by atoms with Crippen LogP contribution in [0.3, 0.4) is 0 Å². The van der Waals surface area contributed by atoms with Gasteiger partial charge in [0, 0.05) is 30.4 Å². The molecule has 2 heterocycles. The third-order valence-electron chi connectivity index (χ3n) is 5.60. The van der Waals surface area contributed by atoms with Crippen LogP contribution in [-0.2, 0) is 4.57 Å². The van der Waals surface area contributed by atoms with Crippen LogP contribution < -0.4 is 9.19 Å². The fourth-order valence-electron chi connectivity index (χ4n) is 4.26. The molecule has 2 aliphatic heterocycles. The molecule has 2 aliphatic rings. The molecule has 0 aliphatic carbocycles. The van der Waals surface area contributed by atoms with Crippen LogP contribution in [0, 0.1) is 0 Å². The van der Waals surface area contributed by atoms with Crippen LogP contribution in [0.2, 0.25) is 0 Å². The Kier molecular flexibility index (Phi) is 4.46. The smallest absolute Gasteiger partial charge is 0.417 e. The van der Waals surface area contributed by atoms with E-state index in [1.165, 1.54) is 0 Å². The van der Waals surface area contributed by atoms with Gasteiger partial charge in [-0.1, -0.05) is 66.7 Å². The minimum Gasteiger partial charge on any atom is -0.417 e. The van der Waals surface area contributed by atoms with E-state index in [0.29, 0.717) is 5.75 Å². The van der Waals surface area contributed by atoms with E-state index in [1.807, 2.05) is 77.5 Å². The van der Waals surface area contributed by atoms with Crippen LogP contribution in [0.25, 0.3) is 11.1 Å². The van der Waals surface area contributed by atoms with Gasteiger partial charge in [0.25, 0.3) is 0 Å². The minimum atomic E-state index is -3.21. The molecule has 4 nitrogen and oxygen atoms in total. The van der Waals surface area contributed by atoms with E-state index >= 15 is 0 Å². The molecule has 142 valence electrons. The standard InChI is InChI=1S/C23H23N2O2P/c26-28(27-23-16-8-7-15-22(23)19-10-3-1-4-11-19)24-17-9-14-21(24)18-25(28)20-12-5-2-6-13-20/h1-8,10-13,15-16,21H,9,14,17-18H2/t21-,28-/m1/s1. The lowest BCUT2D eigenvalue weighted by Crippen LogP contribution is -2.23. The molecule has 28 heavy (non-hydrogen) atoms. The van der Waals surface area contributed by atoms with Gasteiger partial charge in [0.2, 0.25) is 0 Å². The molecular formula is C23H23N2O2P. The summed E-state index contributed by atoms with van der Waals surface area (Å²) in [5.74, 6) is 0.672. The van der Waals surface area contributed by atoms with Crippen molar-refractivity contribution in [1.82, 2.24) is 4.67 Å². The van der Waals surface area contributed by atoms with E-state index in [0.717, 1.165) is 42.7 Å². The van der Waals surface area contributed by atoms with E-state index in [1.54, 1.807) is 0 Å². The molecule has 2 saturated heterocycles. The third kappa shape index (κ3) is 2.94. The number of benzene rings is 3. The van der Waals surface area contributed by atoms with Crippen molar-refractivity contribution in [2.45, 2.75) is 18.9 Å². The van der Waals surface area contributed by atoms with E-state index in [4.69, 9.17) is 4.52 Å². The Balaban J connectivity index is 1.57. The van der Waals surface area contributed by atoms with Crippen LogP contribution in [0.1, 0.15) is 12.8 Å². The Morgan fingerprint density at radius 2 is 1.54 bits per heavy atom. The second kappa shape index (κ2) is 7.12. The normalized spacial score (nSPS) is 24.3. The molecule has 5 rings (SSSR count). The highest BCUT2D eigenvalue weighted by Crippen LogP contribution is 2.63. The monoisotopic (exact) mass is 390 g/mol. The molecule has 0 bridgehead atoms. The maximum absolute atomic E-state index is 14.3. The molecule has 3 aromatic carbocycles. The number of hydrogen-bond donors (Lipinski definition) is 0. The predicted molar refractivity (Wildman–Crippen MR) is 114 cm³/mol. The molecule has 2 fully saturated rings. The molecule has 2 atom stereocenters. The fraction of sp³-hybridized carbons (Fsp3) is 0.217. The Bertz CT molecular complexity index is 1010. The lowest BCUT2D eigenvalue weighted by atomic mass is 10.1. The fourth-order valence-corrected chi connectivity index (χ4v) is 6.98. The summed E-state index contributed by atoms with van der Waals surface area (Å²) in [6.45, 7) is 1.56. The molecule has 0 amide bonds. The summed E-state index contributed by atoms with van der Waals surface area (Å²) in [5.41, 5.74) is 2.99. The summed E-state index contributed by atoms with van der Waals surface area (Å²) in [6.07, 6.45) is 2.14. The SMILES string of the molecule is O=[P@]1(Oc2ccccc2-c2ccccc2)N(c2ccccc2)C[C@H]2CCCN21. The van der Waals surface area contributed by atoms with Gasteiger partial charge in [-0.3, -0.25) is 4.67 Å². The van der Waals surface area contributed by atoms with Gasteiger partial charge >= 0.3 is 7.67 Å². The Labute approximate surface area is 165 Å². The second-order valence-corrected chi connectivity index (χ2v) is 9.48. The van der Waals surface area contributed by atoms with Gasteiger partial charge < -0.3 is 4.52 Å². The highest BCUT2D eigenvalue weighted by molar-refractivity contribution is 7.59. The number of hydrogen-bond acceptors (Lipinski definition) is 2. The summed E-state index contributed by atoms with van der Waals surface area (Å²) in [5, 5.41) is 0. The zero-order chi connectivity index (χ0) is 19.0. The van der Waals surface area contributed by atoms with Crippen LogP contribution in [0.5, 0.6) is 5.75 Å². The first kappa shape index (κ1) is 17.5. The van der Waals surface area contributed by atoms with Crippen molar-refractivity contribution >= 4 is 13.4 Å². The maximum Gasteiger partial charge on any atom is 0.422 e. The van der Waals surface area contributed by atoms with Crippen LogP contribution >= 0.6 is 7.67 Å². The lowest BCUT2D eigenvalue weighted by molar-refractivity contribution is 0.375. The van der Waals surface area contributed by atoms with Crippen molar-refractivity contribution in [3.8, 4) is 16.9 Å². The van der Waals surface area contributed by atoms with Gasteiger partial charge in [0.15, 0.2) is 0 Å². The molecular weight excluding hydrogens is 367 g/mol. The highest BCUT2D eigenvalue weighted by Gasteiger charge is 2.53. The van der Waals surface area contributed by atoms with E-state index < -0.39 is 7.67 Å². The molecule has 0 radical (unpaired) electrons. The third-order valence-corrected chi connectivity index (χ3v) is 8.22. The van der Waals surface area contributed by atoms with Crippen LogP contribution in [-0.4, -0.2) is 23.8 Å². The predicted octanol–water partition coefficient (Wildman–Crippen LogP) is 5.83. The Hall–Kier alpha value is -2.55. The van der Waals surface area contributed by atoms with Crippen molar-refractivity contribution in [3.05, 3.63) is 84.9 Å². The van der Waals surface area contributed by atoms with Crippen molar-refractivity contribution in [2.75, 3.05) is 17.8 Å². The summed E-state index contributed by atoms with van der Waals surface area (Å²) in [4.78, 5) is 0. The zero-order valence-electron chi connectivity index (χ0n) is 15.6. The largest absolute Gasteiger partial charge is 0.422 e. The van der Waals surface area contributed by atoms with E-state index in [2.05, 4.69) is 16.8 Å². The van der Waals surface area contributed by atoms with E-state index in [9.17, 15) is 4.57 Å². The molecule has 3 aromatic rings. The molecule has 0 aromatic heterocycles. The first-order valence-corrected chi connectivity index (χ1v) is 11.3. The quantitative estimate of drug-likeness (QED) is 0.525. The molecule has 0 spiro atoms. The zero-order valence-corrected chi connectivity index (χ0v) is 16.5. The van der Waals surface area contributed by atoms with Crippen LogP contribution in [0.15, 0.2) is 84.9 Å². The molecule has 0 unspecified atom stereocenters. The molecule has 5 heteroatoms. The highest BCUT2D eigenvalue weighted by atomic mass is 31.2. The van der Waals surface area contributed by atoms with Crippen molar-refractivity contribution in [2.24, 2.45) is 0 Å². The first-order valence-electron chi connectivity index (χ1n) is 9.80. The summed E-state index contributed by atoms with van der Waals surface area (Å²) in [6, 6.07) is 28.3. The van der Waals surface area contributed by atoms with Gasteiger partial charge in [0.1, 0.15) is 5.75 Å². The van der Waals surface area contributed by atoms with Gasteiger partial charge in [-0.05, 0) is 36.6 Å². The first-order chi connectivity index (χ1) is 13.8. The lowest BCUT2D eigenvalue weighted by Gasteiger charge is -2.30. The summed E-state index contributed by atoms with van der Waals surface area (Å²) < 4.78 is 24.9. The summed E-state index contributed by atoms with van der Waals surface area (Å²) >= 11 is 0. The average Bonchev–Trinajstić information content (AvgIpc) is 3.32. The number of rotatable bonds is 4. The Morgan fingerprint density at radius 3 is 2.32 bits per heavy atom. The van der Waals surface area contributed by atoms with E-state index in [-0.39, 0.29) is 6.04 Å². The summed E-state index contributed by atoms with van der Waals surface area (Å²) in [7, 11) is -3.21. The topological polar surface area (TPSA) is 32.8 Å². The maximum atomic E-state index is 14.3. The van der Waals surface area contributed by atoms with Gasteiger partial charge in [0.05, 0.1) is 0 Å². The van der Waals surface area contributed by atoms with Crippen molar-refractivity contribution in [1.29, 1.82) is 0 Å². The second-order valence-electron chi connectivity index (χ2n) is 7.32. The van der Waals surface area contributed by atoms with Gasteiger partial charge in [-0.2, -0.15) is 4.67 Å². The number of fused-ring (bicyclic) bond motifs is 1. The van der Waals surface area contributed by atoms with Crippen molar-refractivity contribution in [3.63, 3.8) is 0 Å². The number of nitrogens with zero attached hydrogens (tertiary/aromatic N) is 2. The van der Waals surface area contributed by atoms with Gasteiger partial charge in [-0.15, -0.1) is 0 Å². The molecule has 0 saturated carbocycles. The number of anilines is 1. The van der Waals surface area contributed by atoms with Crippen molar-refractivity contribution < 1.29 is 9.09 Å². The Morgan fingerprint density at radius 1 is 0.857 bits per heavy atom.